The summed E-state index contributed by atoms with van der Waals surface area (Å²) >= 11 is 0. The van der Waals surface area contributed by atoms with Crippen molar-refractivity contribution in [1.29, 1.82) is 0 Å². The largest absolute Gasteiger partial charge is 0.375 e. The van der Waals surface area contributed by atoms with Crippen molar-refractivity contribution >= 4 is 20.8 Å². The predicted molar refractivity (Wildman–Crippen MR) is 122 cm³/mol. The van der Waals surface area contributed by atoms with E-state index in [0.717, 1.165) is 28.3 Å². The molecule has 6 heteroatoms. The molecule has 0 unspecified atom stereocenters. The molecule has 1 atom stereocenters. The van der Waals surface area contributed by atoms with Crippen LogP contribution in [-0.4, -0.2) is 39.0 Å². The van der Waals surface area contributed by atoms with Crippen molar-refractivity contribution in [2.24, 2.45) is 5.73 Å². The van der Waals surface area contributed by atoms with Gasteiger partial charge in [-0.25, -0.2) is 8.42 Å². The van der Waals surface area contributed by atoms with E-state index in [-0.39, 0.29) is 6.04 Å². The van der Waals surface area contributed by atoms with Gasteiger partial charge < -0.3 is 10.5 Å². The summed E-state index contributed by atoms with van der Waals surface area (Å²) in [7, 11) is -2.06. The lowest BCUT2D eigenvalue weighted by molar-refractivity contribution is 0.0790. The van der Waals surface area contributed by atoms with Crippen LogP contribution < -0.4 is 5.73 Å². The second-order valence-corrected chi connectivity index (χ2v) is 9.50. The first-order valence-electron chi connectivity index (χ1n) is 10.2. The van der Waals surface area contributed by atoms with Crippen molar-refractivity contribution in [3.63, 3.8) is 0 Å². The lowest BCUT2D eigenvalue weighted by Gasteiger charge is -2.28. The van der Waals surface area contributed by atoms with Gasteiger partial charge in [-0.1, -0.05) is 60.7 Å². The number of rotatable bonds is 10. The molecule has 0 saturated heterocycles. The van der Waals surface area contributed by atoms with Crippen LogP contribution in [0.5, 0.6) is 0 Å². The summed E-state index contributed by atoms with van der Waals surface area (Å²) < 4.78 is 34.4. The first-order chi connectivity index (χ1) is 14.4. The van der Waals surface area contributed by atoms with Gasteiger partial charge in [-0.15, -0.1) is 0 Å². The Morgan fingerprint density at radius 2 is 1.63 bits per heavy atom. The zero-order valence-electron chi connectivity index (χ0n) is 17.6. The molecule has 0 amide bonds. The molecule has 0 spiro atoms. The molecule has 0 heterocycles. The summed E-state index contributed by atoms with van der Waals surface area (Å²) in [6.45, 7) is 3.26. The Bertz CT molecular complexity index is 1070. The van der Waals surface area contributed by atoms with Crippen LogP contribution in [0, 0.1) is 6.92 Å². The smallest absolute Gasteiger partial charge is 0.243 e. The average Bonchev–Trinajstić information content (AvgIpc) is 2.76. The SMILES string of the molecule is Cc1ccc(S(=O)(=O)N(C)[C@@H](CCCN)COCc2ccccc2)c2ccccc12. The van der Waals surface area contributed by atoms with Crippen LogP contribution in [0.4, 0.5) is 0 Å². The number of hydrogen-bond donors (Lipinski definition) is 1. The molecule has 3 aromatic rings. The average molecular weight is 427 g/mol. The number of ether oxygens (including phenoxy) is 1. The minimum absolute atomic E-state index is 0.290. The van der Waals surface area contributed by atoms with Gasteiger partial charge in [0, 0.05) is 18.5 Å². The fraction of sp³-hybridized carbons (Fsp3) is 0.333. The number of nitrogens with two attached hydrogens (primary N) is 1. The molecule has 0 aliphatic carbocycles. The van der Waals surface area contributed by atoms with E-state index in [9.17, 15) is 8.42 Å². The Kier molecular flexibility index (Phi) is 7.61. The first kappa shape index (κ1) is 22.4. The van der Waals surface area contributed by atoms with E-state index in [4.69, 9.17) is 10.5 Å². The second kappa shape index (κ2) is 10.2. The summed E-state index contributed by atoms with van der Waals surface area (Å²) in [5.74, 6) is 0. The number of nitrogens with zero attached hydrogens (tertiary/aromatic N) is 1. The van der Waals surface area contributed by atoms with Crippen LogP contribution in [-0.2, 0) is 21.4 Å². The Hall–Kier alpha value is -2.25. The van der Waals surface area contributed by atoms with Gasteiger partial charge in [0.15, 0.2) is 0 Å². The molecule has 2 N–H and O–H groups in total. The maximum atomic E-state index is 13.5. The lowest BCUT2D eigenvalue weighted by Crippen LogP contribution is -2.40. The summed E-state index contributed by atoms with van der Waals surface area (Å²) in [6, 6.07) is 20.8. The lowest BCUT2D eigenvalue weighted by atomic mass is 10.1. The standard InChI is InChI=1S/C24H30N2O3S/c1-19-14-15-24(23-13-7-6-12-22(19)23)30(27,28)26(2)21(11-8-16-25)18-29-17-20-9-4-3-5-10-20/h3-7,9-10,12-15,21H,8,11,16-18,25H2,1-2H3/t21-/m0/s1. The van der Waals surface area contributed by atoms with E-state index >= 15 is 0 Å². The van der Waals surface area contributed by atoms with Crippen molar-refractivity contribution in [3.8, 4) is 0 Å². The van der Waals surface area contributed by atoms with Crippen molar-refractivity contribution in [1.82, 2.24) is 4.31 Å². The van der Waals surface area contributed by atoms with Crippen LogP contribution in [0.25, 0.3) is 10.8 Å². The maximum absolute atomic E-state index is 13.5. The topological polar surface area (TPSA) is 72.6 Å². The molecule has 0 aliphatic heterocycles. The highest BCUT2D eigenvalue weighted by atomic mass is 32.2. The van der Waals surface area contributed by atoms with E-state index in [1.165, 1.54) is 4.31 Å². The molecule has 0 aromatic heterocycles. The summed E-state index contributed by atoms with van der Waals surface area (Å²) in [5, 5.41) is 1.69. The van der Waals surface area contributed by atoms with Crippen LogP contribution in [0.1, 0.15) is 24.0 Å². The molecule has 0 saturated carbocycles. The normalized spacial score (nSPS) is 13.1. The van der Waals surface area contributed by atoms with Gasteiger partial charge in [0.2, 0.25) is 10.0 Å². The molecule has 0 aliphatic rings. The number of benzene rings is 3. The Balaban J connectivity index is 1.84. The number of hydrogen-bond acceptors (Lipinski definition) is 4. The highest BCUT2D eigenvalue weighted by molar-refractivity contribution is 7.89. The quantitative estimate of drug-likeness (QED) is 0.530. The summed E-state index contributed by atoms with van der Waals surface area (Å²) in [6.07, 6.45) is 1.37. The molecule has 160 valence electrons. The Morgan fingerprint density at radius 1 is 0.967 bits per heavy atom. The maximum Gasteiger partial charge on any atom is 0.243 e. The molecule has 0 bridgehead atoms. The Labute approximate surface area is 179 Å². The summed E-state index contributed by atoms with van der Waals surface area (Å²) in [5.41, 5.74) is 7.81. The van der Waals surface area contributed by atoms with Crippen molar-refractivity contribution in [2.75, 3.05) is 20.2 Å². The van der Waals surface area contributed by atoms with Gasteiger partial charge in [-0.05, 0) is 48.9 Å². The van der Waals surface area contributed by atoms with Crippen molar-refractivity contribution < 1.29 is 13.2 Å². The highest BCUT2D eigenvalue weighted by Gasteiger charge is 2.29. The molecule has 0 radical (unpaired) electrons. The van der Waals surface area contributed by atoms with E-state index in [2.05, 4.69) is 0 Å². The fourth-order valence-electron chi connectivity index (χ4n) is 3.61. The molecule has 0 fully saturated rings. The zero-order chi connectivity index (χ0) is 21.6. The van der Waals surface area contributed by atoms with Gasteiger partial charge in [0.25, 0.3) is 0 Å². The third-order valence-electron chi connectivity index (χ3n) is 5.44. The monoisotopic (exact) mass is 426 g/mol. The van der Waals surface area contributed by atoms with Crippen molar-refractivity contribution in [3.05, 3.63) is 77.9 Å². The minimum Gasteiger partial charge on any atom is -0.375 e. The van der Waals surface area contributed by atoms with Gasteiger partial charge in [-0.3, -0.25) is 0 Å². The first-order valence-corrected chi connectivity index (χ1v) is 11.7. The van der Waals surface area contributed by atoms with E-state index in [1.807, 2.05) is 67.6 Å². The number of sulfonamides is 1. The fourth-order valence-corrected chi connectivity index (χ4v) is 5.17. The van der Waals surface area contributed by atoms with Gasteiger partial charge >= 0.3 is 0 Å². The number of fused-ring (bicyclic) bond motifs is 1. The van der Waals surface area contributed by atoms with Crippen molar-refractivity contribution in [2.45, 2.75) is 37.3 Å². The zero-order valence-corrected chi connectivity index (χ0v) is 18.4. The predicted octanol–water partition coefficient (Wildman–Crippen LogP) is 4.09. The van der Waals surface area contributed by atoms with Crippen LogP contribution >= 0.6 is 0 Å². The number of likely N-dealkylation sites (N-methyl/N-ethyl adjacent to an activating group) is 1. The van der Waals surface area contributed by atoms with E-state index in [1.54, 1.807) is 13.1 Å². The number of aryl methyl sites for hydroxylation is 1. The van der Waals surface area contributed by atoms with E-state index < -0.39 is 10.0 Å². The van der Waals surface area contributed by atoms with Crippen LogP contribution in [0.2, 0.25) is 0 Å². The third-order valence-corrected chi connectivity index (χ3v) is 7.40. The van der Waals surface area contributed by atoms with E-state index in [0.29, 0.717) is 31.1 Å². The van der Waals surface area contributed by atoms with Crippen LogP contribution in [0.3, 0.4) is 0 Å². The minimum atomic E-state index is -3.69. The molecule has 3 rings (SSSR count). The molecule has 30 heavy (non-hydrogen) atoms. The summed E-state index contributed by atoms with van der Waals surface area (Å²) in [4.78, 5) is 0.326. The van der Waals surface area contributed by atoms with Gasteiger partial charge in [0.1, 0.15) is 0 Å². The second-order valence-electron chi connectivity index (χ2n) is 7.53. The van der Waals surface area contributed by atoms with Gasteiger partial charge in [0.05, 0.1) is 18.1 Å². The van der Waals surface area contributed by atoms with Crippen LogP contribution in [0.15, 0.2) is 71.6 Å². The van der Waals surface area contributed by atoms with Gasteiger partial charge in [-0.2, -0.15) is 4.31 Å². The molecule has 3 aromatic carbocycles. The molecular weight excluding hydrogens is 396 g/mol. The Morgan fingerprint density at radius 3 is 2.33 bits per heavy atom. The third kappa shape index (κ3) is 5.08. The molecule has 5 nitrogen and oxygen atoms in total. The highest BCUT2D eigenvalue weighted by Crippen LogP contribution is 2.29. The molecular formula is C24H30N2O3S.